The Morgan fingerprint density at radius 3 is 1.76 bits per heavy atom. The molecular weight excluding hydrogens is 881 g/mol. The van der Waals surface area contributed by atoms with E-state index in [0.29, 0.717) is 51.4 Å². The maximum atomic E-state index is 12.7. The molecule has 7 aliphatic rings. The second-order valence-corrected chi connectivity index (χ2v) is 23.1. The Hall–Kier alpha value is -1.02. The van der Waals surface area contributed by atoms with Gasteiger partial charge in [0.05, 0.1) is 43.7 Å². The van der Waals surface area contributed by atoms with Gasteiger partial charge in [0.1, 0.15) is 73.2 Å². The van der Waals surface area contributed by atoms with Crippen LogP contribution in [0.2, 0.25) is 0 Å². The molecule has 7 fully saturated rings. The molecule has 19 nitrogen and oxygen atoms in total. The lowest BCUT2D eigenvalue weighted by Crippen LogP contribution is -2.71. The molecule has 0 bridgehead atoms. The van der Waals surface area contributed by atoms with Crippen LogP contribution in [0.4, 0.5) is 0 Å². The quantitative estimate of drug-likeness (QED) is 0.0773. The third kappa shape index (κ3) is 9.03. The molecule has 4 saturated carbocycles. The second kappa shape index (κ2) is 19.8. The van der Waals surface area contributed by atoms with E-state index in [1.54, 1.807) is 0 Å². The Bertz CT molecular complexity index is 1710. The molecule has 13 N–H and O–H groups in total. The van der Waals surface area contributed by atoms with Crippen molar-refractivity contribution < 1.29 is 94.8 Å². The molecule has 0 amide bonds. The Kier molecular flexibility index (Phi) is 15.9. The summed E-state index contributed by atoms with van der Waals surface area (Å²) in [5.74, 6) is -1.11. The number of fused-ring (bicyclic) bond motifs is 5. The third-order valence-electron chi connectivity index (χ3n) is 18.7. The van der Waals surface area contributed by atoms with Gasteiger partial charge in [0.25, 0.3) is 0 Å². The zero-order chi connectivity index (χ0) is 49.5. The van der Waals surface area contributed by atoms with E-state index in [-0.39, 0.29) is 23.7 Å². The van der Waals surface area contributed by atoms with E-state index in [0.717, 1.165) is 5.57 Å². The van der Waals surface area contributed by atoms with Crippen molar-refractivity contribution in [2.24, 2.45) is 45.3 Å². The van der Waals surface area contributed by atoms with Gasteiger partial charge in [0, 0.05) is 0 Å². The molecule has 0 aromatic heterocycles. The lowest BCUT2D eigenvalue weighted by Gasteiger charge is -2.72. The van der Waals surface area contributed by atoms with Crippen LogP contribution in [-0.2, 0) is 28.4 Å². The summed E-state index contributed by atoms with van der Waals surface area (Å²) in [6.07, 6.45) is -19.6. The van der Waals surface area contributed by atoms with E-state index in [1.165, 1.54) is 0 Å². The molecule has 3 aliphatic heterocycles. The van der Waals surface area contributed by atoms with Crippen molar-refractivity contribution in [3.63, 3.8) is 0 Å². The van der Waals surface area contributed by atoms with Crippen LogP contribution >= 0.6 is 0 Å². The smallest absolute Gasteiger partial charge is 0.187 e. The van der Waals surface area contributed by atoms with Crippen molar-refractivity contribution in [1.29, 1.82) is 0 Å². The minimum Gasteiger partial charge on any atom is -0.394 e. The lowest BCUT2D eigenvalue weighted by atomic mass is 9.34. The molecule has 0 spiro atoms. The van der Waals surface area contributed by atoms with Gasteiger partial charge in [-0.3, -0.25) is 0 Å². The molecule has 3 heterocycles. The maximum Gasteiger partial charge on any atom is 0.187 e. The molecule has 3 saturated heterocycles. The molecule has 0 aromatic rings. The number of aliphatic hydroxyl groups is 13. The van der Waals surface area contributed by atoms with E-state index >= 15 is 0 Å². The fourth-order valence-corrected chi connectivity index (χ4v) is 14.9. The highest BCUT2D eigenvalue weighted by Gasteiger charge is 2.74. The van der Waals surface area contributed by atoms with Crippen LogP contribution in [0.3, 0.4) is 0 Å². The summed E-state index contributed by atoms with van der Waals surface area (Å²) in [6, 6.07) is 0. The fraction of sp³-hybridized carbons (Fsp3) is 0.958. The van der Waals surface area contributed by atoms with Gasteiger partial charge in [0.2, 0.25) is 0 Å². The van der Waals surface area contributed by atoms with Crippen LogP contribution < -0.4 is 0 Å². The molecule has 0 unspecified atom stereocenters. The van der Waals surface area contributed by atoms with Gasteiger partial charge >= 0.3 is 0 Å². The number of rotatable bonds is 13. The Balaban J connectivity index is 1.21. The first kappa shape index (κ1) is 53.8. The first-order chi connectivity index (χ1) is 31.3. The summed E-state index contributed by atoms with van der Waals surface area (Å²) in [5.41, 5.74) is -2.41. The van der Waals surface area contributed by atoms with Gasteiger partial charge in [-0.2, -0.15) is 0 Å². The highest BCUT2D eigenvalue weighted by molar-refractivity contribution is 5.22. The number of ether oxygens (including phenoxy) is 6. The topological polar surface area (TPSA) is 318 Å². The predicted octanol–water partition coefficient (Wildman–Crippen LogP) is -1.06. The van der Waals surface area contributed by atoms with Gasteiger partial charge in [-0.05, 0) is 117 Å². The summed E-state index contributed by atoms with van der Waals surface area (Å²) in [7, 11) is 0. The summed E-state index contributed by atoms with van der Waals surface area (Å²) in [6.45, 7) is 14.5. The van der Waals surface area contributed by atoms with Gasteiger partial charge in [-0.25, -0.2) is 0 Å². The highest BCUT2D eigenvalue weighted by Crippen LogP contribution is 2.76. The molecular formula is C48H82O19. The first-order valence-corrected chi connectivity index (χ1v) is 24.5. The number of hydrogen-bond donors (Lipinski definition) is 13. The van der Waals surface area contributed by atoms with Crippen molar-refractivity contribution in [1.82, 2.24) is 0 Å². The fourth-order valence-electron chi connectivity index (χ4n) is 14.9. The van der Waals surface area contributed by atoms with Crippen LogP contribution in [0.25, 0.3) is 0 Å². The molecule has 7 rings (SSSR count). The largest absolute Gasteiger partial charge is 0.394 e. The molecule has 4 aliphatic carbocycles. The van der Waals surface area contributed by atoms with Crippen molar-refractivity contribution in [2.45, 2.75) is 223 Å². The number of aliphatic hydroxyl groups excluding tert-OH is 13. The monoisotopic (exact) mass is 963 g/mol. The van der Waals surface area contributed by atoms with E-state index < -0.39 is 158 Å². The van der Waals surface area contributed by atoms with E-state index in [4.69, 9.17) is 28.4 Å². The number of hydrogen-bond acceptors (Lipinski definition) is 19. The Morgan fingerprint density at radius 1 is 0.642 bits per heavy atom. The van der Waals surface area contributed by atoms with Crippen LogP contribution in [0.5, 0.6) is 0 Å². The summed E-state index contributed by atoms with van der Waals surface area (Å²) in [4.78, 5) is 0. The van der Waals surface area contributed by atoms with Gasteiger partial charge in [-0.1, -0.05) is 46.3 Å². The normalized spacial score (nSPS) is 52.9. The molecule has 67 heavy (non-hydrogen) atoms. The molecule has 0 aromatic carbocycles. The van der Waals surface area contributed by atoms with E-state index in [9.17, 15) is 66.4 Å². The van der Waals surface area contributed by atoms with Crippen LogP contribution in [0.1, 0.15) is 107 Å². The zero-order valence-corrected chi connectivity index (χ0v) is 40.3. The second-order valence-electron chi connectivity index (χ2n) is 23.1. The third-order valence-corrected chi connectivity index (χ3v) is 18.7. The van der Waals surface area contributed by atoms with Gasteiger partial charge in [0.15, 0.2) is 18.9 Å². The highest BCUT2D eigenvalue weighted by atomic mass is 16.7. The predicted molar refractivity (Wildman–Crippen MR) is 235 cm³/mol. The van der Waals surface area contributed by atoms with Gasteiger partial charge in [-0.15, -0.1) is 0 Å². The average molecular weight is 963 g/mol. The van der Waals surface area contributed by atoms with E-state index in [1.807, 2.05) is 34.6 Å². The van der Waals surface area contributed by atoms with Crippen LogP contribution in [0, 0.1) is 45.3 Å². The molecule has 19 heteroatoms. The van der Waals surface area contributed by atoms with E-state index in [2.05, 4.69) is 26.8 Å². The molecule has 388 valence electrons. The SMILES string of the molecule is CC(C)=CCC[C@](C)(O[C@@H]1O[C@H](CO)[C@@H](O)[C@H](O)[C@H]1O)[C@H]1CC[C@]2(C)[C@@H]1[C@H](O)C[C@@H]1[C@@]3(C)CC[C@H](O)C(C)(C)[C@@H]3[C@@H](O[C@@H]3O[C@H](CO)[C@@H](O[C@H]4O[C@H](CO)[C@@H](O)[C@H](O)[C@H]4O)[C@H](O)[C@H]3O)C[C@]12C. The summed E-state index contributed by atoms with van der Waals surface area (Å²) >= 11 is 0. The van der Waals surface area contributed by atoms with Crippen LogP contribution in [-0.4, -0.2) is 202 Å². The summed E-state index contributed by atoms with van der Waals surface area (Å²) in [5, 5.41) is 142. The standard InChI is InChI=1S/C48H82O19/c1-21(2)10-9-13-48(8,67-43-37(60)34(57)32(55)26(19-50)64-43)22-11-15-46(6)30(22)23(52)16-28-45(5)14-12-29(53)44(3,4)40(45)24(17-47(28,46)7)62-41-38(61)35(58)39(27(20-51)65-41)66-42-36(59)33(56)31(54)25(18-49)63-42/h10,22-43,49-61H,9,11-20H2,1-8H3/t22-,23+,24-,25+,26+,27+,28+,29-,30-,31+,32+,33-,34-,35+,36+,37+,38+,39+,40-,41+,42+,43-,45+,46+,47+,48-/m0/s1. The average Bonchev–Trinajstić information content (AvgIpc) is 3.66. The minimum atomic E-state index is -1.83. The number of allylic oxidation sites excluding steroid dienone is 2. The lowest BCUT2D eigenvalue weighted by molar-refractivity contribution is -0.374. The first-order valence-electron chi connectivity index (χ1n) is 24.5. The Labute approximate surface area is 393 Å². The molecule has 0 radical (unpaired) electrons. The molecule has 26 atom stereocenters. The summed E-state index contributed by atoms with van der Waals surface area (Å²) < 4.78 is 37.3. The van der Waals surface area contributed by atoms with Crippen molar-refractivity contribution in [3.8, 4) is 0 Å². The maximum absolute atomic E-state index is 12.7. The van der Waals surface area contributed by atoms with Crippen molar-refractivity contribution in [3.05, 3.63) is 11.6 Å². The zero-order valence-electron chi connectivity index (χ0n) is 40.3. The van der Waals surface area contributed by atoms with Crippen molar-refractivity contribution in [2.75, 3.05) is 19.8 Å². The Morgan fingerprint density at radius 2 is 1.18 bits per heavy atom. The minimum absolute atomic E-state index is 0.0841. The van der Waals surface area contributed by atoms with Crippen molar-refractivity contribution >= 4 is 0 Å². The van der Waals surface area contributed by atoms with Gasteiger partial charge < -0.3 is 94.8 Å². The van der Waals surface area contributed by atoms with Crippen LogP contribution in [0.15, 0.2) is 11.6 Å².